The second-order valence-corrected chi connectivity index (χ2v) is 3.98. The highest BCUT2D eigenvalue weighted by Gasteiger charge is 2.13. The first-order valence-corrected chi connectivity index (χ1v) is 6.21. The van der Waals surface area contributed by atoms with Gasteiger partial charge in [-0.3, -0.25) is 4.90 Å². The van der Waals surface area contributed by atoms with Crippen molar-refractivity contribution in [2.75, 3.05) is 20.1 Å². The van der Waals surface area contributed by atoms with Crippen LogP contribution in [0.2, 0.25) is 0 Å². The second kappa shape index (κ2) is 9.47. The molecule has 1 unspecified atom stereocenters. The molecule has 0 aliphatic carbocycles. The van der Waals surface area contributed by atoms with E-state index >= 15 is 0 Å². The minimum Gasteiger partial charge on any atom is -0.305 e. The van der Waals surface area contributed by atoms with Crippen LogP contribution >= 0.6 is 0 Å². The molecule has 0 radical (unpaired) electrons. The lowest BCUT2D eigenvalue weighted by Crippen LogP contribution is -2.44. The van der Waals surface area contributed by atoms with Gasteiger partial charge in [0.15, 0.2) is 0 Å². The number of hydrogen-bond acceptors (Lipinski definition) is 2. The maximum Gasteiger partial charge on any atom is 0.0594 e. The summed E-state index contributed by atoms with van der Waals surface area (Å²) in [5.41, 5.74) is 0. The Morgan fingerprint density at radius 2 is 1.71 bits per heavy atom. The Labute approximate surface area is 90.1 Å². The lowest BCUT2D eigenvalue weighted by atomic mass is 10.2. The molecule has 1 atom stereocenters. The summed E-state index contributed by atoms with van der Waals surface area (Å²) < 4.78 is 0. The summed E-state index contributed by atoms with van der Waals surface area (Å²) in [7, 11) is 2.08. The predicted molar refractivity (Wildman–Crippen MR) is 64.5 cm³/mol. The molecule has 14 heavy (non-hydrogen) atoms. The van der Waals surface area contributed by atoms with Gasteiger partial charge in [-0.25, -0.2) is 0 Å². The van der Waals surface area contributed by atoms with Crippen molar-refractivity contribution in [2.24, 2.45) is 0 Å². The Balaban J connectivity index is 3.97. The van der Waals surface area contributed by atoms with Gasteiger partial charge in [-0.2, -0.15) is 0 Å². The Morgan fingerprint density at radius 3 is 2.14 bits per heavy atom. The van der Waals surface area contributed by atoms with Crippen LogP contribution in [0.15, 0.2) is 0 Å². The summed E-state index contributed by atoms with van der Waals surface area (Å²) in [5.74, 6) is 0. The molecule has 0 aromatic heterocycles. The van der Waals surface area contributed by atoms with Crippen molar-refractivity contribution in [3.8, 4) is 0 Å². The maximum atomic E-state index is 3.42. The van der Waals surface area contributed by atoms with Crippen LogP contribution in [0.1, 0.15) is 52.9 Å². The summed E-state index contributed by atoms with van der Waals surface area (Å²) in [6.07, 6.45) is 6.99. The fourth-order valence-corrected chi connectivity index (χ4v) is 1.85. The third-order valence-electron chi connectivity index (χ3n) is 2.65. The molecule has 0 aliphatic heterocycles. The van der Waals surface area contributed by atoms with Gasteiger partial charge in [0.25, 0.3) is 0 Å². The van der Waals surface area contributed by atoms with Gasteiger partial charge < -0.3 is 5.32 Å². The molecule has 0 fully saturated rings. The number of rotatable bonds is 9. The van der Waals surface area contributed by atoms with Crippen molar-refractivity contribution >= 4 is 0 Å². The number of nitrogens with zero attached hydrogens (tertiary/aromatic N) is 1. The molecule has 0 saturated heterocycles. The molecule has 0 heterocycles. The van der Waals surface area contributed by atoms with E-state index in [-0.39, 0.29) is 0 Å². The van der Waals surface area contributed by atoms with Crippen LogP contribution in [0.4, 0.5) is 0 Å². The van der Waals surface area contributed by atoms with Crippen molar-refractivity contribution in [3.05, 3.63) is 0 Å². The predicted octanol–water partition coefficient (Wildman–Crippen LogP) is 2.84. The van der Waals surface area contributed by atoms with Gasteiger partial charge >= 0.3 is 0 Å². The zero-order chi connectivity index (χ0) is 10.8. The van der Waals surface area contributed by atoms with Gasteiger partial charge in [-0.05, 0) is 39.4 Å². The van der Waals surface area contributed by atoms with E-state index < -0.39 is 0 Å². The van der Waals surface area contributed by atoms with Gasteiger partial charge in [0.05, 0.1) is 6.17 Å². The van der Waals surface area contributed by atoms with E-state index in [0.29, 0.717) is 6.17 Å². The molecule has 0 aliphatic rings. The fourth-order valence-electron chi connectivity index (χ4n) is 1.85. The highest BCUT2D eigenvalue weighted by molar-refractivity contribution is 4.67. The summed E-state index contributed by atoms with van der Waals surface area (Å²) in [6, 6.07) is 0. The molecule has 86 valence electrons. The average Bonchev–Trinajstić information content (AvgIpc) is 2.21. The molecular formula is C12H28N2. The molecule has 0 spiro atoms. The Morgan fingerprint density at radius 1 is 1.00 bits per heavy atom. The Kier molecular flexibility index (Phi) is 9.42. The summed E-state index contributed by atoms with van der Waals surface area (Å²) in [5, 5.41) is 3.42. The molecule has 0 saturated carbocycles. The molecule has 0 amide bonds. The Hall–Kier alpha value is -0.0800. The topological polar surface area (TPSA) is 15.3 Å². The van der Waals surface area contributed by atoms with Crippen LogP contribution in [-0.4, -0.2) is 31.2 Å². The zero-order valence-corrected chi connectivity index (χ0v) is 10.5. The van der Waals surface area contributed by atoms with Crippen LogP contribution in [-0.2, 0) is 0 Å². The van der Waals surface area contributed by atoms with Crippen LogP contribution < -0.4 is 5.32 Å². The zero-order valence-electron chi connectivity index (χ0n) is 10.5. The largest absolute Gasteiger partial charge is 0.305 e. The van der Waals surface area contributed by atoms with E-state index in [1.54, 1.807) is 0 Å². The van der Waals surface area contributed by atoms with Crippen molar-refractivity contribution in [1.82, 2.24) is 10.2 Å². The highest BCUT2D eigenvalue weighted by Crippen LogP contribution is 2.06. The Bertz CT molecular complexity index is 115. The quantitative estimate of drug-likeness (QED) is 0.576. The van der Waals surface area contributed by atoms with Gasteiger partial charge in [0.1, 0.15) is 0 Å². The van der Waals surface area contributed by atoms with E-state index in [0.717, 1.165) is 0 Å². The lowest BCUT2D eigenvalue weighted by molar-refractivity contribution is 0.160. The molecule has 0 rings (SSSR count). The van der Waals surface area contributed by atoms with E-state index in [9.17, 15) is 0 Å². The van der Waals surface area contributed by atoms with Crippen molar-refractivity contribution in [3.63, 3.8) is 0 Å². The molecule has 0 bridgehead atoms. The van der Waals surface area contributed by atoms with E-state index in [2.05, 4.69) is 38.0 Å². The van der Waals surface area contributed by atoms with Crippen LogP contribution in [0, 0.1) is 0 Å². The van der Waals surface area contributed by atoms with Gasteiger partial charge in [-0.1, -0.05) is 33.6 Å². The third-order valence-corrected chi connectivity index (χ3v) is 2.65. The first kappa shape index (κ1) is 13.9. The van der Waals surface area contributed by atoms with E-state index in [1.807, 2.05) is 0 Å². The smallest absolute Gasteiger partial charge is 0.0594 e. The van der Waals surface area contributed by atoms with Crippen LogP contribution in [0.25, 0.3) is 0 Å². The number of hydrogen-bond donors (Lipinski definition) is 1. The van der Waals surface area contributed by atoms with E-state index in [1.165, 1.54) is 45.2 Å². The average molecular weight is 200 g/mol. The SMILES string of the molecule is CCCCN(CCC)C(CCC)NC. The maximum absolute atomic E-state index is 3.42. The fraction of sp³-hybridized carbons (Fsp3) is 1.00. The van der Waals surface area contributed by atoms with Gasteiger partial charge in [0.2, 0.25) is 0 Å². The molecular weight excluding hydrogens is 172 g/mol. The minimum atomic E-state index is 0.589. The van der Waals surface area contributed by atoms with Crippen LogP contribution in [0.5, 0.6) is 0 Å². The normalized spacial score (nSPS) is 13.5. The first-order chi connectivity index (χ1) is 6.79. The van der Waals surface area contributed by atoms with Crippen molar-refractivity contribution in [1.29, 1.82) is 0 Å². The summed E-state index contributed by atoms with van der Waals surface area (Å²) >= 11 is 0. The van der Waals surface area contributed by atoms with E-state index in [4.69, 9.17) is 0 Å². The number of nitrogens with one attached hydrogen (secondary N) is 1. The monoisotopic (exact) mass is 200 g/mol. The molecule has 0 aromatic carbocycles. The molecule has 2 heteroatoms. The highest BCUT2D eigenvalue weighted by atomic mass is 15.3. The van der Waals surface area contributed by atoms with Crippen LogP contribution in [0.3, 0.4) is 0 Å². The lowest BCUT2D eigenvalue weighted by Gasteiger charge is -2.31. The van der Waals surface area contributed by atoms with Crippen molar-refractivity contribution in [2.45, 2.75) is 59.0 Å². The second-order valence-electron chi connectivity index (χ2n) is 3.98. The van der Waals surface area contributed by atoms with Crippen molar-refractivity contribution < 1.29 is 0 Å². The van der Waals surface area contributed by atoms with Gasteiger partial charge in [-0.15, -0.1) is 0 Å². The molecule has 0 aromatic rings. The number of unbranched alkanes of at least 4 members (excludes halogenated alkanes) is 1. The molecule has 2 nitrogen and oxygen atoms in total. The summed E-state index contributed by atoms with van der Waals surface area (Å²) in [6.45, 7) is 9.26. The minimum absolute atomic E-state index is 0.589. The third kappa shape index (κ3) is 5.61. The summed E-state index contributed by atoms with van der Waals surface area (Å²) in [4.78, 5) is 2.59. The first-order valence-electron chi connectivity index (χ1n) is 6.21. The molecule has 1 N–H and O–H groups in total. The van der Waals surface area contributed by atoms with Gasteiger partial charge in [0, 0.05) is 0 Å². The standard InChI is InChI=1S/C12H28N2/c1-5-8-11-14(10-7-3)12(13-4)9-6-2/h12-13H,5-11H2,1-4H3.